The van der Waals surface area contributed by atoms with Gasteiger partial charge < -0.3 is 19.9 Å². The third-order valence-corrected chi connectivity index (χ3v) is 5.58. The van der Waals surface area contributed by atoms with Crippen LogP contribution in [0.25, 0.3) is 22.2 Å². The van der Waals surface area contributed by atoms with Gasteiger partial charge in [0.15, 0.2) is 0 Å². The summed E-state index contributed by atoms with van der Waals surface area (Å²) < 4.78 is 7.39. The predicted octanol–water partition coefficient (Wildman–Crippen LogP) is 5.50. The highest BCUT2D eigenvalue weighted by Crippen LogP contribution is 2.27. The lowest BCUT2D eigenvalue weighted by atomic mass is 10.0. The number of hydrogen-bond donors (Lipinski definition) is 2. The average Bonchev–Trinajstić information content (AvgIpc) is 3.25. The van der Waals surface area contributed by atoms with Crippen LogP contribution in [0.5, 0.6) is 0 Å². The number of ether oxygens (including phenoxy) is 1. The van der Waals surface area contributed by atoms with Crippen LogP contribution in [0.2, 0.25) is 5.02 Å². The van der Waals surface area contributed by atoms with E-state index < -0.39 is 6.09 Å². The van der Waals surface area contributed by atoms with Crippen LogP contribution in [0.3, 0.4) is 0 Å². The molecular weight excluding hydrogens is 438 g/mol. The van der Waals surface area contributed by atoms with E-state index in [2.05, 4.69) is 31.2 Å². The fourth-order valence-corrected chi connectivity index (χ4v) is 3.89. The minimum atomic E-state index is -0.414. The Morgan fingerprint density at radius 3 is 2.76 bits per heavy atom. The number of benzene rings is 2. The molecule has 8 heteroatoms. The summed E-state index contributed by atoms with van der Waals surface area (Å²) in [7, 11) is 1.85. The molecule has 1 amide bonds. The number of nitrogens with one attached hydrogen (secondary N) is 2. The van der Waals surface area contributed by atoms with Crippen molar-refractivity contribution in [2.24, 2.45) is 0 Å². The van der Waals surface area contributed by atoms with E-state index in [-0.39, 0.29) is 0 Å². The first-order chi connectivity index (χ1) is 16.1. The molecule has 0 fully saturated rings. The number of rotatable bonds is 9. The molecule has 0 atom stereocenters. The highest BCUT2D eigenvalue weighted by Gasteiger charge is 2.09. The van der Waals surface area contributed by atoms with Crippen molar-refractivity contribution in [2.45, 2.75) is 25.9 Å². The number of amides is 1. The van der Waals surface area contributed by atoms with Crippen molar-refractivity contribution in [1.29, 1.82) is 0 Å². The maximum Gasteiger partial charge on any atom is 0.407 e. The number of carbonyl (C=O) groups excluding carboxylic acids is 1. The van der Waals surface area contributed by atoms with Gasteiger partial charge in [-0.15, -0.1) is 0 Å². The van der Waals surface area contributed by atoms with Crippen molar-refractivity contribution in [1.82, 2.24) is 19.9 Å². The van der Waals surface area contributed by atoms with Crippen molar-refractivity contribution in [2.75, 3.05) is 19.0 Å². The molecule has 0 unspecified atom stereocenters. The number of hydrogen-bond acceptors (Lipinski definition) is 5. The van der Waals surface area contributed by atoms with Crippen LogP contribution >= 0.6 is 11.6 Å². The Hall–Kier alpha value is -3.58. The van der Waals surface area contributed by atoms with Crippen LogP contribution in [0.1, 0.15) is 18.4 Å². The van der Waals surface area contributed by atoms with Crippen molar-refractivity contribution in [3.63, 3.8) is 0 Å². The van der Waals surface area contributed by atoms with Crippen LogP contribution in [-0.4, -0.2) is 34.3 Å². The standard InChI is InChI=1S/C25H26ClN5O2/c1-27-22-14-21(26)15-23-24(22)30-17-31(23)11-2-3-12-33-25(32)29-16-18-5-4-6-20(13-18)19-7-9-28-10-8-19/h4-10,13-15,17,27H,2-3,11-12,16H2,1H3,(H,29,32). The fraction of sp³-hybridized carbons (Fsp3) is 0.240. The van der Waals surface area contributed by atoms with Gasteiger partial charge in [0.2, 0.25) is 0 Å². The topological polar surface area (TPSA) is 81.1 Å². The maximum atomic E-state index is 12.1. The van der Waals surface area contributed by atoms with E-state index in [9.17, 15) is 4.79 Å². The van der Waals surface area contributed by atoms with Gasteiger partial charge in [-0.2, -0.15) is 0 Å². The number of alkyl carbamates (subject to hydrolysis) is 1. The molecule has 2 N–H and O–H groups in total. The molecule has 0 bridgehead atoms. The van der Waals surface area contributed by atoms with Crippen molar-refractivity contribution < 1.29 is 9.53 Å². The predicted molar refractivity (Wildman–Crippen MR) is 131 cm³/mol. The third kappa shape index (κ3) is 5.81. The van der Waals surface area contributed by atoms with E-state index in [0.29, 0.717) is 18.2 Å². The van der Waals surface area contributed by atoms with E-state index in [4.69, 9.17) is 16.3 Å². The third-order valence-electron chi connectivity index (χ3n) is 5.36. The summed E-state index contributed by atoms with van der Waals surface area (Å²) in [5.41, 5.74) is 5.96. The van der Waals surface area contributed by atoms with Crippen LogP contribution < -0.4 is 10.6 Å². The van der Waals surface area contributed by atoms with Crippen molar-refractivity contribution >= 4 is 34.4 Å². The first-order valence-corrected chi connectivity index (χ1v) is 11.2. The molecule has 33 heavy (non-hydrogen) atoms. The van der Waals surface area contributed by atoms with Gasteiger partial charge in [0, 0.05) is 37.6 Å². The monoisotopic (exact) mass is 463 g/mol. The second kappa shape index (κ2) is 10.8. The number of halogens is 1. The van der Waals surface area contributed by atoms with E-state index in [1.165, 1.54) is 0 Å². The smallest absolute Gasteiger partial charge is 0.407 e. The molecule has 2 aromatic carbocycles. The number of anilines is 1. The molecule has 0 aliphatic rings. The minimum Gasteiger partial charge on any atom is -0.450 e. The Kier molecular flexibility index (Phi) is 7.42. The summed E-state index contributed by atoms with van der Waals surface area (Å²) in [4.78, 5) is 20.6. The normalized spacial score (nSPS) is 10.8. The molecular formula is C25H26ClN5O2. The number of nitrogens with zero attached hydrogens (tertiary/aromatic N) is 3. The SMILES string of the molecule is CNc1cc(Cl)cc2c1ncn2CCCCOC(=O)NCc1cccc(-c2ccncc2)c1. The Bertz CT molecular complexity index is 1230. The number of aromatic nitrogens is 3. The quantitative estimate of drug-likeness (QED) is 0.320. The zero-order valence-corrected chi connectivity index (χ0v) is 19.2. The fourth-order valence-electron chi connectivity index (χ4n) is 3.68. The van der Waals surface area contributed by atoms with Gasteiger partial charge in [0.25, 0.3) is 0 Å². The summed E-state index contributed by atoms with van der Waals surface area (Å²) in [6.07, 6.45) is 6.54. The molecule has 0 aliphatic carbocycles. The summed E-state index contributed by atoms with van der Waals surface area (Å²) in [6.45, 7) is 1.54. The Labute approximate surface area is 197 Å². The number of unbranched alkanes of at least 4 members (excludes halogenated alkanes) is 1. The minimum absolute atomic E-state index is 0.359. The Morgan fingerprint density at radius 1 is 1.09 bits per heavy atom. The molecule has 4 rings (SSSR count). The largest absolute Gasteiger partial charge is 0.450 e. The highest BCUT2D eigenvalue weighted by molar-refractivity contribution is 6.31. The van der Waals surface area contributed by atoms with Crippen molar-refractivity contribution in [3.05, 3.63) is 77.8 Å². The lowest BCUT2D eigenvalue weighted by molar-refractivity contribution is 0.143. The highest BCUT2D eigenvalue weighted by atomic mass is 35.5. The molecule has 0 radical (unpaired) electrons. The molecule has 0 spiro atoms. The zero-order valence-electron chi connectivity index (χ0n) is 18.4. The Morgan fingerprint density at radius 2 is 1.94 bits per heavy atom. The molecule has 0 saturated carbocycles. The van der Waals surface area contributed by atoms with Crippen LogP contribution in [-0.2, 0) is 17.8 Å². The van der Waals surface area contributed by atoms with Crippen LogP contribution in [0, 0.1) is 0 Å². The van der Waals surface area contributed by atoms with Gasteiger partial charge in [0.1, 0.15) is 5.52 Å². The molecule has 4 aromatic rings. The van der Waals surface area contributed by atoms with E-state index in [1.54, 1.807) is 12.4 Å². The Balaban J connectivity index is 1.20. The number of imidazole rings is 1. The second-order valence-corrected chi connectivity index (χ2v) is 8.08. The molecule has 7 nitrogen and oxygen atoms in total. The summed E-state index contributed by atoms with van der Waals surface area (Å²) >= 11 is 6.22. The number of pyridine rings is 1. The summed E-state index contributed by atoms with van der Waals surface area (Å²) in [5, 5.41) is 6.60. The van der Waals surface area contributed by atoms with Crippen LogP contribution in [0.15, 0.2) is 67.3 Å². The average molecular weight is 464 g/mol. The summed E-state index contributed by atoms with van der Waals surface area (Å²) in [6, 6.07) is 15.7. The van der Waals surface area contributed by atoms with Crippen molar-refractivity contribution in [3.8, 4) is 11.1 Å². The molecule has 2 aromatic heterocycles. The number of fused-ring (bicyclic) bond motifs is 1. The first-order valence-electron chi connectivity index (χ1n) is 10.9. The molecule has 0 saturated heterocycles. The van der Waals surface area contributed by atoms with Gasteiger partial charge in [-0.3, -0.25) is 4.98 Å². The number of carbonyl (C=O) groups is 1. The molecule has 170 valence electrons. The van der Waals surface area contributed by atoms with Gasteiger partial charge in [0.05, 0.1) is 24.1 Å². The van der Waals surface area contributed by atoms with E-state index in [0.717, 1.165) is 52.8 Å². The van der Waals surface area contributed by atoms with E-state index >= 15 is 0 Å². The van der Waals surface area contributed by atoms with E-state index in [1.807, 2.05) is 55.8 Å². The van der Waals surface area contributed by atoms with Crippen LogP contribution in [0.4, 0.5) is 10.5 Å². The summed E-state index contributed by atoms with van der Waals surface area (Å²) in [5.74, 6) is 0. The van der Waals surface area contributed by atoms with Gasteiger partial charge >= 0.3 is 6.09 Å². The number of aryl methyl sites for hydroxylation is 1. The maximum absolute atomic E-state index is 12.1. The van der Waals surface area contributed by atoms with Gasteiger partial charge in [-0.25, -0.2) is 9.78 Å². The second-order valence-electron chi connectivity index (χ2n) is 7.64. The van der Waals surface area contributed by atoms with Gasteiger partial charge in [-0.05, 0) is 59.9 Å². The lowest BCUT2D eigenvalue weighted by Gasteiger charge is -2.09. The first kappa shape index (κ1) is 22.6. The lowest BCUT2D eigenvalue weighted by Crippen LogP contribution is -2.24. The van der Waals surface area contributed by atoms with Gasteiger partial charge in [-0.1, -0.05) is 29.8 Å². The zero-order chi connectivity index (χ0) is 23.0. The molecule has 0 aliphatic heterocycles. The molecule has 2 heterocycles.